The first-order chi connectivity index (χ1) is 59.4. The Bertz CT molecular complexity index is 5580. The number of aliphatic hydroxyl groups is 2. The summed E-state index contributed by atoms with van der Waals surface area (Å²) in [6, 6.07) is 61.7. The quantitative estimate of drug-likeness (QED) is 0.0495. The van der Waals surface area contributed by atoms with E-state index < -0.39 is 5.97 Å². The number of carbonyl (C=O) groups is 3. The van der Waals surface area contributed by atoms with Gasteiger partial charge < -0.3 is 34.3 Å². The van der Waals surface area contributed by atoms with Crippen LogP contribution in [0.4, 0.5) is 0 Å². The Morgan fingerprint density at radius 1 is 0.364 bits per heavy atom. The van der Waals surface area contributed by atoms with E-state index >= 15 is 0 Å². The first-order valence-electron chi connectivity index (χ1n) is 43.7. The number of ketones is 2. The molecule has 0 aliphatic carbocycles. The van der Waals surface area contributed by atoms with Gasteiger partial charge in [0.05, 0.1) is 60.0 Å². The smallest absolute Gasteiger partial charge is 0.354 e. The second-order valence-corrected chi connectivity index (χ2v) is 36.0. The molecule has 15 nitrogen and oxygen atoms in total. The summed E-state index contributed by atoms with van der Waals surface area (Å²) in [7, 11) is 0. The van der Waals surface area contributed by atoms with Crippen molar-refractivity contribution in [2.24, 2.45) is 35.5 Å². The standard InChI is InChI=1S/4C22H22NO.C11H20O2.C6H5NO2.C5H8O2.4Ir/c4*1-13(2)8-16-6-5-7-20-17(16)11-21-22(23-20)18-10-14(3)9-15(4)19(18)12-24-21;1-8(2)5-10(12)7-11(13)6-9(3)4;8-6(9)5-3-1-2-4-7-5;1-4(6)3-5(2)7;;;;/h4*5-7,9,11,13H,8,12H2,1-4H3;7-9,12H,5-6H2,1-4H3;1-4H,(H,8,9);3,6H,1-2H3;;;;/q4*-1;;;;;;;. The molecule has 19 heteroatoms. The van der Waals surface area contributed by atoms with Gasteiger partial charge in [0.1, 0.15) is 28.7 Å². The molecule has 0 fully saturated rings. The van der Waals surface area contributed by atoms with E-state index in [-0.39, 0.29) is 109 Å². The molecule has 0 bridgehead atoms. The van der Waals surface area contributed by atoms with Gasteiger partial charge in [-0.25, -0.2) is 9.78 Å². The molecule has 0 unspecified atom stereocenters. The van der Waals surface area contributed by atoms with Gasteiger partial charge in [0.2, 0.25) is 0 Å². The van der Waals surface area contributed by atoms with E-state index in [9.17, 15) is 19.5 Å². The SMILES string of the molecule is CC(=O)C=C(C)O.CC(C)CC(=O)C=C(O)CC(C)C.Cc1[c-]c2c(c(C)c1)COc1cc3c(CC(C)C)cccc3nc1-2.Cc1[c-]c2c(c(C)c1)COc1cc3c(CC(C)C)cccc3nc1-2.Cc1[c-]c2c(c(C)c1)COc1cc3c(CC(C)C)cccc3nc1-2.Cc1[c-]c2c(c(C)c1)COc1cc3c(CC(C)C)cccc3nc1-2.O=C(O)c1ccccn1.[Ir].[Ir].[Ir].[Ir]. The Morgan fingerprint density at radius 2 is 0.643 bits per heavy atom. The molecular weight excluding hydrogens is 2320 g/mol. The number of nitrogens with zero attached hydrogens (tertiary/aromatic N) is 5. The van der Waals surface area contributed by atoms with Gasteiger partial charge in [-0.3, -0.25) is 29.5 Å². The van der Waals surface area contributed by atoms with Crippen LogP contribution in [0.25, 0.3) is 88.6 Å². The number of carboxylic acids is 1. The molecule has 3 N–H and O–H groups in total. The van der Waals surface area contributed by atoms with Crippen molar-refractivity contribution in [2.75, 3.05) is 0 Å². The Hall–Kier alpha value is -9.76. The summed E-state index contributed by atoms with van der Waals surface area (Å²) in [4.78, 5) is 54.7. The van der Waals surface area contributed by atoms with Crippen LogP contribution in [0.3, 0.4) is 0 Å². The van der Waals surface area contributed by atoms with Crippen molar-refractivity contribution in [1.29, 1.82) is 0 Å². The first-order valence-corrected chi connectivity index (χ1v) is 43.7. The van der Waals surface area contributed by atoms with Crippen LogP contribution in [0.2, 0.25) is 0 Å². The monoisotopic (exact) mass is 2440 g/mol. The summed E-state index contributed by atoms with van der Waals surface area (Å²) >= 11 is 0. The van der Waals surface area contributed by atoms with Crippen LogP contribution >= 0.6 is 0 Å². The average Bonchev–Trinajstić information content (AvgIpc) is 0.770. The third kappa shape index (κ3) is 28.1. The predicted octanol–water partition coefficient (Wildman–Crippen LogP) is 26.5. The van der Waals surface area contributed by atoms with Gasteiger partial charge >= 0.3 is 5.97 Å². The van der Waals surface area contributed by atoms with Gasteiger partial charge in [0.25, 0.3) is 0 Å². The van der Waals surface area contributed by atoms with E-state index in [2.05, 4.69) is 261 Å². The Labute approximate surface area is 817 Å². The third-order valence-electron chi connectivity index (χ3n) is 21.6. The van der Waals surface area contributed by atoms with Crippen molar-refractivity contribution in [3.63, 3.8) is 0 Å². The van der Waals surface area contributed by atoms with Crippen molar-refractivity contribution in [3.05, 3.63) is 288 Å². The molecule has 8 aromatic carbocycles. The maximum absolute atomic E-state index is 11.2. The van der Waals surface area contributed by atoms with Crippen LogP contribution in [-0.4, -0.2) is 57.8 Å². The van der Waals surface area contributed by atoms with E-state index in [4.69, 9.17) is 49.1 Å². The maximum Gasteiger partial charge on any atom is 0.354 e. The number of hydrogen-bond acceptors (Lipinski definition) is 14. The van der Waals surface area contributed by atoms with E-state index in [1.807, 2.05) is 27.7 Å². The zero-order valence-electron chi connectivity index (χ0n) is 78.3. The van der Waals surface area contributed by atoms with E-state index in [0.717, 1.165) is 138 Å². The number of aromatic nitrogens is 5. The summed E-state index contributed by atoms with van der Waals surface area (Å²) in [5.74, 6) is 5.92. The first kappa shape index (κ1) is 106. The zero-order chi connectivity index (χ0) is 90.4. The molecular formula is C110H121Ir4N5O10-4. The number of ether oxygens (including phenoxy) is 4. The molecule has 0 atom stereocenters. The largest absolute Gasteiger partial charge is 0.512 e. The summed E-state index contributed by atoms with van der Waals surface area (Å²) in [6.07, 6.45) is 9.30. The summed E-state index contributed by atoms with van der Waals surface area (Å²) in [6.45, 7) is 48.1. The molecule has 0 spiro atoms. The number of aromatic carboxylic acids is 1. The zero-order valence-corrected chi connectivity index (χ0v) is 87.9. The number of rotatable bonds is 15. The number of allylic oxidation sites excluding steroid dienone is 4. The predicted molar refractivity (Wildman–Crippen MR) is 506 cm³/mol. The van der Waals surface area contributed by atoms with Crippen LogP contribution < -0.4 is 18.9 Å². The minimum atomic E-state index is -0.990. The van der Waals surface area contributed by atoms with Crippen molar-refractivity contribution < 1.29 is 129 Å². The van der Waals surface area contributed by atoms with Crippen molar-refractivity contribution in [3.8, 4) is 68.0 Å². The average molecular weight is 2440 g/mol. The molecule has 0 saturated heterocycles. The van der Waals surface area contributed by atoms with Gasteiger partial charge in [0.15, 0.2) is 11.6 Å². The summed E-state index contributed by atoms with van der Waals surface area (Å²) < 4.78 is 24.2. The second-order valence-electron chi connectivity index (χ2n) is 36.0. The number of aryl methyl sites for hydroxylation is 8. The Kier molecular flexibility index (Phi) is 39.9. The van der Waals surface area contributed by atoms with Crippen LogP contribution in [-0.2, 0) is 142 Å². The molecule has 686 valence electrons. The molecule has 0 amide bonds. The van der Waals surface area contributed by atoms with Gasteiger partial charge in [-0.1, -0.05) is 215 Å². The van der Waals surface area contributed by atoms with E-state index in [0.29, 0.717) is 74.8 Å². The molecule has 4 aliphatic rings. The van der Waals surface area contributed by atoms with Gasteiger partial charge in [-0.15, -0.1) is 115 Å². The van der Waals surface area contributed by atoms with Crippen LogP contribution in [0.5, 0.6) is 23.0 Å². The van der Waals surface area contributed by atoms with Crippen molar-refractivity contribution >= 4 is 61.1 Å². The molecule has 9 heterocycles. The van der Waals surface area contributed by atoms with Crippen LogP contribution in [0.15, 0.2) is 169 Å². The molecule has 5 aromatic heterocycles. The number of pyridine rings is 5. The third-order valence-corrected chi connectivity index (χ3v) is 21.6. The van der Waals surface area contributed by atoms with Gasteiger partial charge in [-0.05, 0) is 158 Å². The fourth-order valence-electron chi connectivity index (χ4n) is 16.3. The topological polar surface area (TPSA) is 213 Å². The number of fused-ring (bicyclic) bond motifs is 16. The minimum Gasteiger partial charge on any atom is -0.512 e. The molecule has 17 rings (SSSR count). The fraction of sp³-hybridized carbons (Fsp3) is 0.345. The molecule has 0 saturated carbocycles. The van der Waals surface area contributed by atoms with Crippen LogP contribution in [0, 0.1) is 115 Å². The molecule has 13 aromatic rings. The number of carbonyl (C=O) groups excluding carboxylic acids is 2. The number of benzene rings is 8. The molecule has 4 radical (unpaired) electrons. The number of hydrogen-bond donors (Lipinski definition) is 3. The van der Waals surface area contributed by atoms with E-state index in [1.165, 1.54) is 127 Å². The van der Waals surface area contributed by atoms with Crippen molar-refractivity contribution in [2.45, 2.75) is 217 Å². The Morgan fingerprint density at radius 3 is 0.853 bits per heavy atom. The second kappa shape index (κ2) is 48.4. The number of aliphatic hydroxyl groups excluding tert-OH is 2. The van der Waals surface area contributed by atoms with Gasteiger partial charge in [0, 0.05) is 156 Å². The number of carboxylic acid groups (broad SMARTS) is 1. The van der Waals surface area contributed by atoms with Crippen LogP contribution in [0.1, 0.15) is 209 Å². The Balaban J connectivity index is 0.000000212. The minimum absolute atomic E-state index is 0. The fourth-order valence-corrected chi connectivity index (χ4v) is 16.3. The summed E-state index contributed by atoms with van der Waals surface area (Å²) in [5, 5.41) is 30.9. The molecule has 129 heavy (non-hydrogen) atoms. The summed E-state index contributed by atoms with van der Waals surface area (Å²) in [5.41, 5.74) is 32.2. The maximum atomic E-state index is 11.2. The van der Waals surface area contributed by atoms with Gasteiger partial charge in [-0.2, -0.15) is 0 Å². The molecule has 4 aliphatic heterocycles. The van der Waals surface area contributed by atoms with E-state index in [1.54, 1.807) is 12.1 Å². The van der Waals surface area contributed by atoms with Crippen molar-refractivity contribution in [1.82, 2.24) is 24.9 Å². The normalized spacial score (nSPS) is 12.1.